The van der Waals surface area contributed by atoms with E-state index < -0.39 is 0 Å². The fourth-order valence-electron chi connectivity index (χ4n) is 3.88. The first-order chi connectivity index (χ1) is 14.5. The van der Waals surface area contributed by atoms with Crippen LogP contribution in [0.4, 0.5) is 10.1 Å². The largest absolute Gasteiger partial charge is 0.493 e. The van der Waals surface area contributed by atoms with Gasteiger partial charge in [-0.2, -0.15) is 0 Å². The summed E-state index contributed by atoms with van der Waals surface area (Å²) in [4.78, 5) is 14.9. The van der Waals surface area contributed by atoms with Crippen molar-refractivity contribution in [3.05, 3.63) is 47.8 Å². The zero-order valence-electron chi connectivity index (χ0n) is 17.7. The quantitative estimate of drug-likeness (QED) is 0.553. The van der Waals surface area contributed by atoms with Crippen molar-refractivity contribution in [2.24, 2.45) is 0 Å². The van der Waals surface area contributed by atoms with Crippen molar-refractivity contribution in [3.63, 3.8) is 0 Å². The SMILES string of the molecule is COc1ccc(C[NH+]2CC[NH+](CC(=O)Nc3cccc(F)c3)CC2)c(OC)c1OC. The Hall–Kier alpha value is -2.84. The van der Waals surface area contributed by atoms with Crippen molar-refractivity contribution in [1.29, 1.82) is 0 Å². The van der Waals surface area contributed by atoms with E-state index in [1.165, 1.54) is 21.9 Å². The number of piperazine rings is 1. The van der Waals surface area contributed by atoms with E-state index in [1.54, 1.807) is 33.5 Å². The molecule has 1 amide bonds. The number of carbonyl (C=O) groups excluding carboxylic acids is 1. The molecule has 3 N–H and O–H groups in total. The minimum atomic E-state index is -0.358. The van der Waals surface area contributed by atoms with Crippen molar-refractivity contribution in [3.8, 4) is 17.2 Å². The first kappa shape index (κ1) is 21.9. The molecule has 0 saturated carbocycles. The summed E-state index contributed by atoms with van der Waals surface area (Å²) in [6, 6.07) is 9.87. The Labute approximate surface area is 176 Å². The van der Waals surface area contributed by atoms with Crippen LogP contribution >= 0.6 is 0 Å². The molecule has 162 valence electrons. The predicted molar refractivity (Wildman–Crippen MR) is 111 cm³/mol. The van der Waals surface area contributed by atoms with Crippen LogP contribution in [0, 0.1) is 5.82 Å². The molecule has 0 atom stereocenters. The van der Waals surface area contributed by atoms with Crippen LogP contribution in [0.2, 0.25) is 0 Å². The summed E-state index contributed by atoms with van der Waals surface area (Å²) in [6.07, 6.45) is 0. The molecule has 1 aliphatic heterocycles. The maximum Gasteiger partial charge on any atom is 0.279 e. The van der Waals surface area contributed by atoms with Crippen LogP contribution in [0.1, 0.15) is 5.56 Å². The number of methoxy groups -OCH3 is 3. The van der Waals surface area contributed by atoms with Gasteiger partial charge in [-0.25, -0.2) is 4.39 Å². The highest BCUT2D eigenvalue weighted by molar-refractivity contribution is 5.91. The third kappa shape index (κ3) is 5.40. The zero-order valence-corrected chi connectivity index (χ0v) is 17.7. The van der Waals surface area contributed by atoms with Crippen LogP contribution in [-0.4, -0.2) is 60.0 Å². The number of ether oxygens (including phenoxy) is 3. The lowest BCUT2D eigenvalue weighted by Gasteiger charge is -2.29. The number of amides is 1. The number of carbonyl (C=O) groups is 1. The van der Waals surface area contributed by atoms with Gasteiger partial charge in [0.15, 0.2) is 18.0 Å². The first-order valence-corrected chi connectivity index (χ1v) is 10.0. The molecule has 0 aliphatic carbocycles. The smallest absolute Gasteiger partial charge is 0.279 e. The van der Waals surface area contributed by atoms with Gasteiger partial charge in [0.2, 0.25) is 5.75 Å². The highest BCUT2D eigenvalue weighted by Crippen LogP contribution is 2.39. The number of halogens is 1. The molecule has 0 spiro atoms. The van der Waals surface area contributed by atoms with Crippen LogP contribution in [-0.2, 0) is 11.3 Å². The van der Waals surface area contributed by atoms with Crippen LogP contribution in [0.15, 0.2) is 36.4 Å². The maximum absolute atomic E-state index is 13.3. The molecular weight excluding hydrogens is 389 g/mol. The van der Waals surface area contributed by atoms with E-state index in [0.717, 1.165) is 38.3 Å². The van der Waals surface area contributed by atoms with E-state index in [-0.39, 0.29) is 11.7 Å². The fourth-order valence-corrected chi connectivity index (χ4v) is 3.88. The Kier molecular flexibility index (Phi) is 7.48. The molecule has 8 heteroatoms. The lowest BCUT2D eigenvalue weighted by Crippen LogP contribution is -3.28. The summed E-state index contributed by atoms with van der Waals surface area (Å²) >= 11 is 0. The van der Waals surface area contributed by atoms with Crippen LogP contribution in [0.25, 0.3) is 0 Å². The van der Waals surface area contributed by atoms with E-state index in [4.69, 9.17) is 14.2 Å². The lowest BCUT2D eigenvalue weighted by molar-refractivity contribution is -1.02. The van der Waals surface area contributed by atoms with Crippen LogP contribution < -0.4 is 29.3 Å². The number of hydrogen-bond acceptors (Lipinski definition) is 4. The van der Waals surface area contributed by atoms with Crippen molar-refractivity contribution in [2.45, 2.75) is 6.54 Å². The van der Waals surface area contributed by atoms with Gasteiger partial charge < -0.3 is 29.3 Å². The molecule has 0 bridgehead atoms. The minimum absolute atomic E-state index is 0.0967. The number of nitrogens with one attached hydrogen (secondary N) is 3. The van der Waals surface area contributed by atoms with Gasteiger partial charge >= 0.3 is 0 Å². The lowest BCUT2D eigenvalue weighted by atomic mass is 10.1. The normalized spacial score (nSPS) is 18.5. The molecule has 1 heterocycles. The van der Waals surface area contributed by atoms with Gasteiger partial charge in [-0.15, -0.1) is 0 Å². The zero-order chi connectivity index (χ0) is 21.5. The van der Waals surface area contributed by atoms with E-state index in [9.17, 15) is 9.18 Å². The summed E-state index contributed by atoms with van der Waals surface area (Å²) in [6.45, 7) is 4.86. The Bertz CT molecular complexity index is 869. The maximum atomic E-state index is 13.3. The standard InChI is InChI=1S/C22H28FN3O4/c1-28-19-8-7-16(21(29-2)22(19)30-3)14-25-9-11-26(12-10-25)15-20(27)24-18-6-4-5-17(23)13-18/h4-8,13H,9-12,14-15H2,1-3H3,(H,24,27)/p+2. The summed E-state index contributed by atoms with van der Waals surface area (Å²) < 4.78 is 29.7. The van der Waals surface area contributed by atoms with Gasteiger partial charge in [-0.1, -0.05) is 6.07 Å². The number of quaternary nitrogens is 2. The third-order valence-electron chi connectivity index (χ3n) is 5.41. The van der Waals surface area contributed by atoms with Crippen LogP contribution in [0.3, 0.4) is 0 Å². The Morgan fingerprint density at radius 2 is 1.67 bits per heavy atom. The monoisotopic (exact) mass is 419 g/mol. The third-order valence-corrected chi connectivity index (χ3v) is 5.41. The Morgan fingerprint density at radius 1 is 0.967 bits per heavy atom. The first-order valence-electron chi connectivity index (χ1n) is 10.0. The van der Waals surface area contributed by atoms with Crippen molar-refractivity contribution in [1.82, 2.24) is 0 Å². The second-order valence-corrected chi connectivity index (χ2v) is 7.41. The molecule has 0 unspecified atom stereocenters. The number of anilines is 1. The van der Waals surface area contributed by atoms with Crippen molar-refractivity contribution in [2.75, 3.05) is 59.4 Å². The molecule has 3 rings (SSSR count). The number of rotatable bonds is 8. The second-order valence-electron chi connectivity index (χ2n) is 7.41. The van der Waals surface area contributed by atoms with E-state index in [0.29, 0.717) is 29.5 Å². The molecule has 0 aromatic heterocycles. The highest BCUT2D eigenvalue weighted by atomic mass is 19.1. The van der Waals surface area contributed by atoms with Gasteiger partial charge in [0.1, 0.15) is 38.5 Å². The molecule has 2 aromatic carbocycles. The van der Waals surface area contributed by atoms with E-state index in [2.05, 4.69) is 5.32 Å². The molecule has 7 nitrogen and oxygen atoms in total. The fraction of sp³-hybridized carbons (Fsp3) is 0.409. The van der Waals surface area contributed by atoms with E-state index >= 15 is 0 Å². The van der Waals surface area contributed by atoms with Crippen LogP contribution in [0.5, 0.6) is 17.2 Å². The Morgan fingerprint density at radius 3 is 2.30 bits per heavy atom. The van der Waals surface area contributed by atoms with Gasteiger partial charge in [0, 0.05) is 5.69 Å². The molecule has 1 saturated heterocycles. The van der Waals surface area contributed by atoms with Crippen molar-refractivity contribution >= 4 is 11.6 Å². The van der Waals surface area contributed by atoms with Gasteiger partial charge in [0.25, 0.3) is 5.91 Å². The highest BCUT2D eigenvalue weighted by Gasteiger charge is 2.27. The second kappa shape index (κ2) is 10.3. The van der Waals surface area contributed by atoms with Crippen molar-refractivity contribution < 1.29 is 33.2 Å². The molecular formula is C22H30FN3O4+2. The van der Waals surface area contributed by atoms with Gasteiger partial charge in [-0.3, -0.25) is 4.79 Å². The Balaban J connectivity index is 1.53. The predicted octanol–water partition coefficient (Wildman–Crippen LogP) is -0.226. The number of benzene rings is 2. The van der Waals surface area contributed by atoms with Gasteiger partial charge in [-0.05, 0) is 30.3 Å². The summed E-state index contributed by atoms with van der Waals surface area (Å²) in [7, 11) is 4.85. The average Bonchev–Trinajstić information content (AvgIpc) is 2.74. The van der Waals surface area contributed by atoms with E-state index in [1.807, 2.05) is 12.1 Å². The minimum Gasteiger partial charge on any atom is -0.493 e. The summed E-state index contributed by atoms with van der Waals surface area (Å²) in [5.41, 5.74) is 1.56. The molecule has 2 aromatic rings. The summed E-state index contributed by atoms with van der Waals surface area (Å²) in [5, 5.41) is 2.77. The molecule has 1 aliphatic rings. The molecule has 1 fully saturated rings. The molecule has 30 heavy (non-hydrogen) atoms. The average molecular weight is 419 g/mol. The number of hydrogen-bond donors (Lipinski definition) is 3. The summed E-state index contributed by atoms with van der Waals surface area (Å²) in [5.74, 6) is 1.50. The topological polar surface area (TPSA) is 65.7 Å². The molecule has 0 radical (unpaired) electrons. The van der Waals surface area contributed by atoms with Gasteiger partial charge in [0.05, 0.1) is 26.9 Å².